The van der Waals surface area contributed by atoms with Crippen molar-refractivity contribution in [1.29, 1.82) is 0 Å². The summed E-state index contributed by atoms with van der Waals surface area (Å²) in [5, 5.41) is 0. The summed E-state index contributed by atoms with van der Waals surface area (Å²) in [5.41, 5.74) is 2.34. The minimum atomic E-state index is 0.967. The summed E-state index contributed by atoms with van der Waals surface area (Å²) < 4.78 is 0. The quantitative estimate of drug-likeness (QED) is 0.471. The Labute approximate surface area is 60.4 Å². The minimum absolute atomic E-state index is 0.967. The van der Waals surface area contributed by atoms with E-state index in [1.54, 1.807) is 0 Å². The summed E-state index contributed by atoms with van der Waals surface area (Å²) in [5.74, 6) is 0. The van der Waals surface area contributed by atoms with Gasteiger partial charge < -0.3 is 0 Å². The second-order valence-electron chi connectivity index (χ2n) is 2.56. The predicted molar refractivity (Wildman–Crippen MR) is 42.4 cm³/mol. The van der Waals surface area contributed by atoms with Crippen molar-refractivity contribution in [3.63, 3.8) is 0 Å². The van der Waals surface area contributed by atoms with Crippen LogP contribution in [0, 0.1) is 0 Å². The Morgan fingerprint density at radius 2 is 2.40 bits per heavy atom. The lowest BCUT2D eigenvalue weighted by atomic mass is 10.1. The molecule has 0 saturated carbocycles. The van der Waals surface area contributed by atoms with E-state index in [4.69, 9.17) is 0 Å². The third-order valence-corrected chi connectivity index (χ3v) is 1.81. The number of allylic oxidation sites excluding steroid dienone is 1. The smallest absolute Gasteiger partial charge is 0.255 e. The number of rotatable bonds is 0. The third kappa shape index (κ3) is 0.897. The maximum absolute atomic E-state index is 4.39. The van der Waals surface area contributed by atoms with Crippen LogP contribution in [0.3, 0.4) is 0 Å². The van der Waals surface area contributed by atoms with Gasteiger partial charge in [0.2, 0.25) is 6.54 Å². The minimum Gasteiger partial charge on any atom is -0.255 e. The van der Waals surface area contributed by atoms with E-state index < -0.39 is 0 Å². The largest absolute Gasteiger partial charge is 0.271 e. The Morgan fingerprint density at radius 1 is 1.40 bits per heavy atom. The van der Waals surface area contributed by atoms with Gasteiger partial charge in [0.15, 0.2) is 0 Å². The number of nitrogens with zero attached hydrogens (tertiary/aromatic N) is 2. The molecule has 0 saturated heterocycles. The van der Waals surface area contributed by atoms with Gasteiger partial charge in [-0.25, -0.2) is 0 Å². The first-order chi connectivity index (χ1) is 4.97. The van der Waals surface area contributed by atoms with Gasteiger partial charge in [0.05, 0.1) is 0 Å². The molecule has 51 valence electrons. The summed E-state index contributed by atoms with van der Waals surface area (Å²) >= 11 is 0. The Hall–Kier alpha value is -0.920. The molecule has 0 aromatic heterocycles. The van der Waals surface area contributed by atoms with E-state index in [2.05, 4.69) is 16.1 Å². The van der Waals surface area contributed by atoms with Gasteiger partial charge in [0.25, 0.3) is 5.71 Å². The first-order valence-electron chi connectivity index (χ1n) is 3.73. The molecule has 0 aliphatic carbocycles. The second-order valence-corrected chi connectivity index (χ2v) is 2.56. The van der Waals surface area contributed by atoms with Gasteiger partial charge in [0.1, 0.15) is 5.70 Å². The number of hydrogen-bond donors (Lipinski definition) is 0. The monoisotopic (exact) mass is 134 g/mol. The van der Waals surface area contributed by atoms with E-state index in [0.29, 0.717) is 0 Å². The zero-order chi connectivity index (χ0) is 6.81. The van der Waals surface area contributed by atoms with Crippen molar-refractivity contribution in [2.75, 3.05) is 6.54 Å². The van der Waals surface area contributed by atoms with Crippen LogP contribution in [-0.2, 0) is 0 Å². The van der Waals surface area contributed by atoms with Crippen LogP contribution in [0.25, 0.3) is 0 Å². The van der Waals surface area contributed by atoms with E-state index in [0.717, 1.165) is 31.5 Å². The van der Waals surface area contributed by atoms with Crippen LogP contribution in [0.1, 0.15) is 19.3 Å². The Bertz CT molecular complexity index is 223. The Morgan fingerprint density at radius 3 is 3.30 bits per heavy atom. The molecule has 2 aliphatic rings. The van der Waals surface area contributed by atoms with Crippen molar-refractivity contribution < 1.29 is 0 Å². The molecule has 0 N–H and O–H groups in total. The lowest BCUT2D eigenvalue weighted by molar-refractivity contribution is 0.875. The maximum Gasteiger partial charge on any atom is 0.271 e. The molecule has 2 rings (SSSR count). The standard InChI is InChI=1S/C8H10N2/c1-3-7-8(9-5-1)4-2-6-10-7/h3,6H,1-2,4-5H2/q+1. The van der Waals surface area contributed by atoms with Crippen LogP contribution in [-0.4, -0.2) is 18.5 Å². The highest BCUT2D eigenvalue weighted by Gasteiger charge is 2.21. The molecule has 2 aliphatic heterocycles. The molecule has 0 atom stereocenters. The summed E-state index contributed by atoms with van der Waals surface area (Å²) in [6.45, 7) is 0.967. The third-order valence-electron chi connectivity index (χ3n) is 1.81. The second kappa shape index (κ2) is 2.37. The van der Waals surface area contributed by atoms with Crippen LogP contribution in [0.5, 0.6) is 0 Å². The average molecular weight is 134 g/mol. The summed E-state index contributed by atoms with van der Waals surface area (Å²) in [6, 6.07) is 0. The molecule has 0 aromatic carbocycles. The Kier molecular flexibility index (Phi) is 1.38. The van der Waals surface area contributed by atoms with Gasteiger partial charge in [-0.05, 0) is 12.5 Å². The van der Waals surface area contributed by atoms with Gasteiger partial charge in [0, 0.05) is 24.0 Å². The van der Waals surface area contributed by atoms with E-state index in [1.807, 2.05) is 6.21 Å². The molecule has 2 nitrogen and oxygen atoms in total. The molecule has 0 fully saturated rings. The molecule has 1 radical (unpaired) electrons. The van der Waals surface area contributed by atoms with E-state index in [-0.39, 0.29) is 0 Å². The van der Waals surface area contributed by atoms with Crippen LogP contribution < -0.4 is 4.99 Å². The van der Waals surface area contributed by atoms with Crippen molar-refractivity contribution in [3.8, 4) is 0 Å². The van der Waals surface area contributed by atoms with Gasteiger partial charge in [-0.15, -0.1) is 0 Å². The first-order valence-corrected chi connectivity index (χ1v) is 3.73. The highest BCUT2D eigenvalue weighted by Crippen LogP contribution is 2.12. The molecule has 0 spiro atoms. The molecule has 0 aromatic rings. The number of dihydropyridines is 1. The number of hydrogen-bond acceptors (Lipinski definition) is 2. The van der Waals surface area contributed by atoms with Crippen LogP contribution >= 0.6 is 0 Å². The molecular formula is C8H10N2+. The molecule has 10 heavy (non-hydrogen) atoms. The fourth-order valence-corrected chi connectivity index (χ4v) is 1.30. The van der Waals surface area contributed by atoms with Crippen molar-refractivity contribution >= 4 is 11.9 Å². The topological polar surface area (TPSA) is 26.5 Å². The number of fused-ring (bicyclic) bond motifs is 1. The van der Waals surface area contributed by atoms with Gasteiger partial charge in [-0.3, -0.25) is 4.99 Å². The summed E-state index contributed by atoms with van der Waals surface area (Å²) in [6.07, 6.45) is 7.38. The average Bonchev–Trinajstić information content (AvgIpc) is 2.05. The zero-order valence-electron chi connectivity index (χ0n) is 5.88. The Balaban J connectivity index is 2.33. The fourth-order valence-electron chi connectivity index (χ4n) is 1.30. The number of aliphatic imine (C=N–C) groups is 2. The van der Waals surface area contributed by atoms with Crippen molar-refractivity contribution in [2.24, 2.45) is 4.99 Å². The molecule has 0 amide bonds. The predicted octanol–water partition coefficient (Wildman–Crippen LogP) is 0.915. The van der Waals surface area contributed by atoms with Gasteiger partial charge in [-0.1, -0.05) is 0 Å². The highest BCUT2D eigenvalue weighted by atomic mass is 14.8. The van der Waals surface area contributed by atoms with Gasteiger partial charge >= 0.3 is 0 Å². The van der Waals surface area contributed by atoms with Crippen molar-refractivity contribution in [1.82, 2.24) is 4.99 Å². The van der Waals surface area contributed by atoms with Crippen LogP contribution in [0.15, 0.2) is 16.8 Å². The molecule has 0 unspecified atom stereocenters. The fraction of sp³-hybridized carbons (Fsp3) is 0.500. The molecule has 2 heterocycles. The van der Waals surface area contributed by atoms with Crippen LogP contribution in [0.2, 0.25) is 0 Å². The maximum atomic E-state index is 4.39. The molecule has 2 heteroatoms. The summed E-state index contributed by atoms with van der Waals surface area (Å²) in [7, 11) is 0. The van der Waals surface area contributed by atoms with E-state index >= 15 is 0 Å². The molecule has 0 bridgehead atoms. The van der Waals surface area contributed by atoms with E-state index in [1.165, 1.54) is 5.71 Å². The molecular weight excluding hydrogens is 124 g/mol. The normalized spacial score (nSPS) is 23.2. The lowest BCUT2D eigenvalue weighted by Crippen LogP contribution is -2.18. The highest BCUT2D eigenvalue weighted by molar-refractivity contribution is 6.03. The lowest BCUT2D eigenvalue weighted by Gasteiger charge is -2.04. The summed E-state index contributed by atoms with van der Waals surface area (Å²) in [4.78, 5) is 8.64. The van der Waals surface area contributed by atoms with Gasteiger partial charge in [-0.2, -0.15) is 0 Å². The van der Waals surface area contributed by atoms with Crippen molar-refractivity contribution in [2.45, 2.75) is 19.3 Å². The zero-order valence-corrected chi connectivity index (χ0v) is 5.88. The van der Waals surface area contributed by atoms with E-state index in [9.17, 15) is 0 Å². The van der Waals surface area contributed by atoms with Crippen LogP contribution in [0.4, 0.5) is 0 Å². The first kappa shape index (κ1) is 5.83. The van der Waals surface area contributed by atoms with Crippen molar-refractivity contribution in [3.05, 3.63) is 11.8 Å². The SMILES string of the molecule is C1=NC2=CCC[N+]=C2CC1.